The summed E-state index contributed by atoms with van der Waals surface area (Å²) in [5.74, 6) is -3.39. The molecule has 0 aromatic rings. The number of likely N-dealkylation sites (N-methyl/N-ethyl adjacent to an activating group) is 1. The van der Waals surface area contributed by atoms with Gasteiger partial charge in [-0.05, 0) is 18.8 Å². The number of unbranched alkanes of at least 4 members (excludes halogenated alkanes) is 1. The van der Waals surface area contributed by atoms with Gasteiger partial charge in [0.1, 0.15) is 18.1 Å². The van der Waals surface area contributed by atoms with Gasteiger partial charge >= 0.3 is 0 Å². The molecule has 0 spiro atoms. The highest BCUT2D eigenvalue weighted by Gasteiger charge is 2.31. The zero-order valence-electron chi connectivity index (χ0n) is 21.2. The number of nitrogens with two attached hydrogens (primary N) is 2. The van der Waals surface area contributed by atoms with E-state index in [-0.39, 0.29) is 29.8 Å². The maximum atomic E-state index is 13.1. The summed E-state index contributed by atoms with van der Waals surface area (Å²) >= 11 is 1.04. The fourth-order valence-corrected chi connectivity index (χ4v) is 3.91. The fraction of sp³-hybridized carbons (Fsp3) is 0.727. The van der Waals surface area contributed by atoms with Crippen molar-refractivity contribution in [1.29, 1.82) is 0 Å². The van der Waals surface area contributed by atoms with E-state index in [0.717, 1.165) is 24.6 Å². The molecule has 0 heterocycles. The summed E-state index contributed by atoms with van der Waals surface area (Å²) in [5, 5.41) is 7.64. The van der Waals surface area contributed by atoms with Crippen LogP contribution < -0.4 is 27.4 Å². The number of nitrogens with zero attached hydrogens (tertiary/aromatic N) is 1. The molecule has 3 atom stereocenters. The molecule has 0 aromatic heterocycles. The van der Waals surface area contributed by atoms with Crippen LogP contribution in [0.25, 0.3) is 0 Å². The number of primary amides is 2. The maximum absolute atomic E-state index is 13.1. The minimum absolute atomic E-state index is 0.00776. The van der Waals surface area contributed by atoms with E-state index in [2.05, 4.69) is 16.0 Å². The number of hydrogen-bond acceptors (Lipinski definition) is 7. The third-order valence-electron chi connectivity index (χ3n) is 5.04. The molecular formula is C22H40N6O6S. The molecule has 0 aliphatic heterocycles. The van der Waals surface area contributed by atoms with E-state index in [4.69, 9.17) is 11.5 Å². The van der Waals surface area contributed by atoms with Crippen molar-refractivity contribution in [1.82, 2.24) is 20.9 Å². The van der Waals surface area contributed by atoms with Gasteiger partial charge in [-0.3, -0.25) is 28.8 Å². The highest BCUT2D eigenvalue weighted by atomic mass is 32.2. The van der Waals surface area contributed by atoms with Gasteiger partial charge in [0.25, 0.3) is 0 Å². The summed E-state index contributed by atoms with van der Waals surface area (Å²) in [7, 11) is 1.54. The molecule has 0 fully saturated rings. The number of thioether (sulfide) groups is 1. The van der Waals surface area contributed by atoms with E-state index < -0.39 is 54.2 Å². The van der Waals surface area contributed by atoms with Crippen LogP contribution in [0.4, 0.5) is 0 Å². The molecule has 0 aliphatic rings. The summed E-state index contributed by atoms with van der Waals surface area (Å²) in [6.07, 6.45) is 2.27. The Hall–Kier alpha value is -2.83. The predicted octanol–water partition coefficient (Wildman–Crippen LogP) is -1.14. The van der Waals surface area contributed by atoms with Gasteiger partial charge in [-0.15, -0.1) is 11.8 Å². The molecule has 0 aromatic carbocycles. The Morgan fingerprint density at radius 3 is 2.00 bits per heavy atom. The van der Waals surface area contributed by atoms with Crippen LogP contribution in [0.3, 0.4) is 0 Å². The summed E-state index contributed by atoms with van der Waals surface area (Å²) < 4.78 is 0. The molecule has 35 heavy (non-hydrogen) atoms. The Bertz CT molecular complexity index is 763. The van der Waals surface area contributed by atoms with E-state index in [0.29, 0.717) is 6.42 Å². The first-order chi connectivity index (χ1) is 16.3. The highest BCUT2D eigenvalue weighted by Crippen LogP contribution is 2.12. The number of nitrogens with one attached hydrogen (secondary N) is 3. The van der Waals surface area contributed by atoms with Gasteiger partial charge in [-0.2, -0.15) is 0 Å². The molecule has 0 saturated heterocycles. The first-order valence-corrected chi connectivity index (χ1v) is 12.7. The molecule has 0 unspecified atom stereocenters. The lowest BCUT2D eigenvalue weighted by atomic mass is 10.0. The maximum Gasteiger partial charge on any atom is 0.243 e. The second kappa shape index (κ2) is 16.7. The van der Waals surface area contributed by atoms with E-state index in [1.165, 1.54) is 18.9 Å². The Morgan fingerprint density at radius 2 is 1.51 bits per heavy atom. The molecule has 13 heteroatoms. The van der Waals surface area contributed by atoms with Crippen molar-refractivity contribution >= 4 is 47.2 Å². The summed E-state index contributed by atoms with van der Waals surface area (Å²) in [5.41, 5.74) is 10.2. The third-order valence-corrected chi connectivity index (χ3v) is 6.09. The van der Waals surface area contributed by atoms with Crippen LogP contribution in [0.1, 0.15) is 53.4 Å². The van der Waals surface area contributed by atoms with Crippen molar-refractivity contribution < 1.29 is 28.8 Å². The van der Waals surface area contributed by atoms with Crippen molar-refractivity contribution in [3.63, 3.8) is 0 Å². The van der Waals surface area contributed by atoms with Crippen LogP contribution in [0, 0.1) is 5.92 Å². The SMILES string of the molecule is CCCC[C@@H](C(=O)N[C@@H](CC(C)C)C(=O)N[C@@H](CSCC(N)=O)C(=O)NCC(N)=O)N(C)C(C)=O. The summed E-state index contributed by atoms with van der Waals surface area (Å²) in [6, 6.07) is -2.82. The zero-order chi connectivity index (χ0) is 27.1. The second-order valence-corrected chi connectivity index (χ2v) is 9.74. The van der Waals surface area contributed by atoms with Crippen molar-refractivity contribution in [2.45, 2.75) is 71.5 Å². The number of hydrogen-bond donors (Lipinski definition) is 5. The highest BCUT2D eigenvalue weighted by molar-refractivity contribution is 8.00. The van der Waals surface area contributed by atoms with Crippen molar-refractivity contribution in [3.8, 4) is 0 Å². The molecule has 12 nitrogen and oxygen atoms in total. The third kappa shape index (κ3) is 13.6. The van der Waals surface area contributed by atoms with Gasteiger partial charge in [0.2, 0.25) is 35.4 Å². The van der Waals surface area contributed by atoms with Crippen LogP contribution >= 0.6 is 11.8 Å². The Labute approximate surface area is 211 Å². The summed E-state index contributed by atoms with van der Waals surface area (Å²) in [4.78, 5) is 74.0. The Kier molecular flexibility index (Phi) is 15.4. The lowest BCUT2D eigenvalue weighted by Gasteiger charge is -2.29. The smallest absolute Gasteiger partial charge is 0.243 e. The van der Waals surface area contributed by atoms with Crippen molar-refractivity contribution in [2.75, 3.05) is 25.1 Å². The second-order valence-electron chi connectivity index (χ2n) is 8.71. The van der Waals surface area contributed by atoms with E-state index >= 15 is 0 Å². The molecule has 6 amide bonds. The van der Waals surface area contributed by atoms with Gasteiger partial charge < -0.3 is 32.3 Å². The van der Waals surface area contributed by atoms with E-state index in [1.807, 2.05) is 20.8 Å². The minimum Gasteiger partial charge on any atom is -0.369 e. The van der Waals surface area contributed by atoms with Crippen molar-refractivity contribution in [3.05, 3.63) is 0 Å². The van der Waals surface area contributed by atoms with Crippen LogP contribution in [0.2, 0.25) is 0 Å². The molecule has 0 aliphatic carbocycles. The molecule has 0 saturated carbocycles. The lowest BCUT2D eigenvalue weighted by Crippen LogP contribution is -2.57. The monoisotopic (exact) mass is 516 g/mol. The largest absolute Gasteiger partial charge is 0.369 e. The van der Waals surface area contributed by atoms with Gasteiger partial charge in [0, 0.05) is 19.7 Å². The Morgan fingerprint density at radius 1 is 0.914 bits per heavy atom. The first kappa shape index (κ1) is 32.2. The topological polar surface area (TPSA) is 194 Å². The first-order valence-electron chi connectivity index (χ1n) is 11.6. The summed E-state index contributed by atoms with van der Waals surface area (Å²) in [6.45, 7) is 6.67. The molecular weight excluding hydrogens is 476 g/mol. The van der Waals surface area contributed by atoms with Gasteiger partial charge in [0.15, 0.2) is 0 Å². The number of carbonyl (C=O) groups is 6. The quantitative estimate of drug-likeness (QED) is 0.161. The molecule has 200 valence electrons. The molecule has 0 bridgehead atoms. The molecule has 7 N–H and O–H groups in total. The van der Waals surface area contributed by atoms with Gasteiger partial charge in [0.05, 0.1) is 12.3 Å². The van der Waals surface area contributed by atoms with Crippen LogP contribution in [-0.4, -0.2) is 83.6 Å². The lowest BCUT2D eigenvalue weighted by molar-refractivity contribution is -0.139. The number of rotatable bonds is 17. The standard InChI is InChI=1S/C22H40N6O6S/c1-6-7-8-17(28(5)14(4)29)22(34)26-15(9-13(2)3)21(33)27-16(11-35-12-19(24)31)20(32)25-10-18(23)30/h13,15-17H,6-12H2,1-5H3,(H2,23,30)(H2,24,31)(H,25,32)(H,26,34)(H,27,33)/t15-,16-,17-/m0/s1. The fourth-order valence-electron chi connectivity index (χ4n) is 3.12. The average Bonchev–Trinajstić information content (AvgIpc) is 2.75. The van der Waals surface area contributed by atoms with E-state index in [9.17, 15) is 28.8 Å². The number of amides is 6. The Balaban J connectivity index is 5.62. The van der Waals surface area contributed by atoms with Crippen LogP contribution in [-0.2, 0) is 28.8 Å². The van der Waals surface area contributed by atoms with Crippen LogP contribution in [0.15, 0.2) is 0 Å². The molecule has 0 rings (SSSR count). The predicted molar refractivity (Wildman–Crippen MR) is 134 cm³/mol. The molecule has 0 radical (unpaired) electrons. The van der Waals surface area contributed by atoms with Gasteiger partial charge in [-0.25, -0.2) is 0 Å². The van der Waals surface area contributed by atoms with Crippen molar-refractivity contribution in [2.24, 2.45) is 17.4 Å². The zero-order valence-corrected chi connectivity index (χ0v) is 22.0. The average molecular weight is 517 g/mol. The minimum atomic E-state index is -1.10. The van der Waals surface area contributed by atoms with E-state index in [1.54, 1.807) is 0 Å². The normalized spacial score (nSPS) is 13.3. The number of carbonyl (C=O) groups excluding carboxylic acids is 6. The van der Waals surface area contributed by atoms with Crippen LogP contribution in [0.5, 0.6) is 0 Å². The van der Waals surface area contributed by atoms with Gasteiger partial charge in [-0.1, -0.05) is 33.6 Å².